The molecule has 0 atom stereocenters. The van der Waals surface area contributed by atoms with Crippen LogP contribution in [0.4, 0.5) is 11.6 Å². The van der Waals surface area contributed by atoms with Gasteiger partial charge < -0.3 is 10.1 Å². The molecule has 0 aliphatic rings. The molecule has 0 saturated heterocycles. The number of ether oxygens (including phenoxy) is 1. The molecule has 1 aromatic heterocycles. The fourth-order valence-corrected chi connectivity index (χ4v) is 5.09. The SMILES string of the molecule is CCC(C)(C)c1cc(C(C)(CC)CC)ccc1OCC(=O)Nc1ccc(S(=O)(=O)Nc2nccc(C)n2)cc1. The van der Waals surface area contributed by atoms with E-state index >= 15 is 0 Å². The van der Waals surface area contributed by atoms with Crippen LogP contribution in [0.3, 0.4) is 0 Å². The fraction of sp³-hybridized carbons (Fsp3) is 0.433. The molecule has 39 heavy (non-hydrogen) atoms. The average Bonchev–Trinajstić information content (AvgIpc) is 2.91. The first-order valence-electron chi connectivity index (χ1n) is 13.3. The van der Waals surface area contributed by atoms with Crippen molar-refractivity contribution < 1.29 is 17.9 Å². The zero-order valence-corrected chi connectivity index (χ0v) is 24.8. The van der Waals surface area contributed by atoms with Crippen molar-refractivity contribution in [3.63, 3.8) is 0 Å². The van der Waals surface area contributed by atoms with E-state index in [2.05, 4.69) is 73.7 Å². The summed E-state index contributed by atoms with van der Waals surface area (Å²) in [6, 6.07) is 13.9. The second-order valence-corrected chi connectivity index (χ2v) is 12.4. The molecule has 2 aromatic carbocycles. The van der Waals surface area contributed by atoms with Gasteiger partial charge in [0.25, 0.3) is 15.9 Å². The molecule has 0 radical (unpaired) electrons. The van der Waals surface area contributed by atoms with Gasteiger partial charge in [0, 0.05) is 23.1 Å². The van der Waals surface area contributed by atoms with Crippen LogP contribution in [0.15, 0.2) is 59.6 Å². The summed E-state index contributed by atoms with van der Waals surface area (Å²) in [5.41, 5.74) is 3.42. The number of benzene rings is 2. The minimum absolute atomic E-state index is 0.00260. The quantitative estimate of drug-likeness (QED) is 0.270. The number of rotatable bonds is 12. The molecule has 0 unspecified atom stereocenters. The number of anilines is 2. The molecule has 3 rings (SSSR count). The van der Waals surface area contributed by atoms with E-state index in [0.29, 0.717) is 17.1 Å². The van der Waals surface area contributed by atoms with Crippen molar-refractivity contribution >= 4 is 27.6 Å². The third-order valence-corrected chi connectivity index (χ3v) is 9.02. The maximum atomic E-state index is 12.7. The van der Waals surface area contributed by atoms with Crippen molar-refractivity contribution in [3.8, 4) is 5.75 Å². The van der Waals surface area contributed by atoms with E-state index in [9.17, 15) is 13.2 Å². The normalized spacial score (nSPS) is 12.2. The highest BCUT2D eigenvalue weighted by molar-refractivity contribution is 7.92. The van der Waals surface area contributed by atoms with Gasteiger partial charge in [-0.3, -0.25) is 4.79 Å². The standard InChI is InChI=1S/C30H40N4O4S/c1-8-29(5,6)25-19-22(30(7,9-2)10-3)11-16-26(25)38-20-27(35)33-23-12-14-24(15-13-23)39(36,37)34-28-31-18-17-21(4)32-28/h11-19H,8-10,20H2,1-7H3,(H,33,35)(H,31,32,34). The maximum Gasteiger partial charge on any atom is 0.264 e. The molecule has 0 aliphatic heterocycles. The Kier molecular flexibility index (Phi) is 9.38. The molecule has 210 valence electrons. The van der Waals surface area contributed by atoms with Gasteiger partial charge in [0.1, 0.15) is 5.75 Å². The highest BCUT2D eigenvalue weighted by Gasteiger charge is 2.28. The third kappa shape index (κ3) is 7.35. The summed E-state index contributed by atoms with van der Waals surface area (Å²) in [5.74, 6) is 0.353. The van der Waals surface area contributed by atoms with E-state index in [1.165, 1.54) is 36.0 Å². The Hall–Kier alpha value is -3.46. The first-order valence-corrected chi connectivity index (χ1v) is 14.8. The van der Waals surface area contributed by atoms with E-state index < -0.39 is 10.0 Å². The molecule has 0 spiro atoms. The number of nitrogens with zero attached hydrogens (tertiary/aromatic N) is 2. The predicted octanol–water partition coefficient (Wildman–Crippen LogP) is 6.37. The Balaban J connectivity index is 1.70. The van der Waals surface area contributed by atoms with Crippen molar-refractivity contribution in [1.82, 2.24) is 9.97 Å². The van der Waals surface area contributed by atoms with Crippen molar-refractivity contribution in [3.05, 3.63) is 71.5 Å². The molecular formula is C30H40N4O4S. The number of aromatic nitrogens is 2. The Labute approximate surface area is 232 Å². The van der Waals surface area contributed by atoms with Gasteiger partial charge in [0.2, 0.25) is 5.95 Å². The van der Waals surface area contributed by atoms with Gasteiger partial charge in [0.05, 0.1) is 4.90 Å². The number of hydrogen-bond acceptors (Lipinski definition) is 6. The second kappa shape index (κ2) is 12.2. The van der Waals surface area contributed by atoms with Crippen LogP contribution in [-0.4, -0.2) is 30.9 Å². The number of sulfonamides is 1. The average molecular weight is 553 g/mol. The topological polar surface area (TPSA) is 110 Å². The maximum absolute atomic E-state index is 12.7. The van der Waals surface area contributed by atoms with Crippen LogP contribution >= 0.6 is 0 Å². The zero-order valence-electron chi connectivity index (χ0n) is 24.0. The molecule has 9 heteroatoms. The van der Waals surface area contributed by atoms with Crippen LogP contribution in [0.2, 0.25) is 0 Å². The Morgan fingerprint density at radius 1 is 0.949 bits per heavy atom. The highest BCUT2D eigenvalue weighted by atomic mass is 32.2. The molecule has 8 nitrogen and oxygen atoms in total. The fourth-order valence-electron chi connectivity index (χ4n) is 4.14. The molecule has 0 saturated carbocycles. The Bertz CT molecular complexity index is 1400. The number of nitrogens with one attached hydrogen (secondary N) is 2. The lowest BCUT2D eigenvalue weighted by atomic mass is 9.74. The molecule has 1 heterocycles. The molecule has 0 bridgehead atoms. The van der Waals surface area contributed by atoms with Gasteiger partial charge in [-0.05, 0) is 79.0 Å². The minimum Gasteiger partial charge on any atom is -0.483 e. The van der Waals surface area contributed by atoms with Gasteiger partial charge in [0.15, 0.2) is 6.61 Å². The molecule has 3 aromatic rings. The summed E-state index contributed by atoms with van der Waals surface area (Å²) in [7, 11) is -3.87. The van der Waals surface area contributed by atoms with Crippen LogP contribution in [0, 0.1) is 6.92 Å². The summed E-state index contributed by atoms with van der Waals surface area (Å²) >= 11 is 0. The monoisotopic (exact) mass is 552 g/mol. The molecule has 2 N–H and O–H groups in total. The van der Waals surface area contributed by atoms with Gasteiger partial charge >= 0.3 is 0 Å². The van der Waals surface area contributed by atoms with E-state index in [4.69, 9.17) is 4.74 Å². The Morgan fingerprint density at radius 2 is 1.62 bits per heavy atom. The molecule has 0 fully saturated rings. The summed E-state index contributed by atoms with van der Waals surface area (Å²) in [6.45, 7) is 14.8. The summed E-state index contributed by atoms with van der Waals surface area (Å²) in [6.07, 6.45) is 4.48. The van der Waals surface area contributed by atoms with Crippen LogP contribution < -0.4 is 14.8 Å². The first kappa shape index (κ1) is 30.1. The van der Waals surface area contributed by atoms with Crippen LogP contribution in [0.1, 0.15) is 77.6 Å². The summed E-state index contributed by atoms with van der Waals surface area (Å²) < 4.78 is 33.7. The lowest BCUT2D eigenvalue weighted by Gasteiger charge is -2.32. The van der Waals surface area contributed by atoms with E-state index in [1.807, 2.05) is 6.07 Å². The van der Waals surface area contributed by atoms with Gasteiger partial charge in [-0.15, -0.1) is 0 Å². The molecule has 1 amide bonds. The number of carbonyl (C=O) groups excluding carboxylic acids is 1. The van der Waals surface area contributed by atoms with Crippen molar-refractivity contribution in [2.45, 2.75) is 83.5 Å². The second-order valence-electron chi connectivity index (χ2n) is 10.7. The van der Waals surface area contributed by atoms with E-state index in [0.717, 1.165) is 24.8 Å². The predicted molar refractivity (Wildman–Crippen MR) is 156 cm³/mol. The largest absolute Gasteiger partial charge is 0.483 e. The number of hydrogen-bond donors (Lipinski definition) is 2. The minimum atomic E-state index is -3.87. The number of carbonyl (C=O) groups is 1. The smallest absolute Gasteiger partial charge is 0.264 e. The van der Waals surface area contributed by atoms with Crippen LogP contribution in [-0.2, 0) is 25.6 Å². The molecule has 0 aliphatic carbocycles. The number of amides is 1. The van der Waals surface area contributed by atoms with Gasteiger partial charge in [-0.2, -0.15) is 0 Å². The summed E-state index contributed by atoms with van der Waals surface area (Å²) in [4.78, 5) is 20.7. The Morgan fingerprint density at radius 3 is 2.21 bits per heavy atom. The van der Waals surface area contributed by atoms with Crippen molar-refractivity contribution in [2.75, 3.05) is 16.6 Å². The summed E-state index contributed by atoms with van der Waals surface area (Å²) in [5, 5.41) is 2.77. The lowest BCUT2D eigenvalue weighted by Crippen LogP contribution is -2.25. The zero-order chi connectivity index (χ0) is 28.8. The van der Waals surface area contributed by atoms with E-state index in [-0.39, 0.29) is 34.2 Å². The van der Waals surface area contributed by atoms with E-state index in [1.54, 1.807) is 13.0 Å². The molecular weight excluding hydrogens is 512 g/mol. The number of aryl methyl sites for hydroxylation is 1. The van der Waals surface area contributed by atoms with Crippen LogP contribution in [0.25, 0.3) is 0 Å². The first-order chi connectivity index (χ1) is 18.3. The highest BCUT2D eigenvalue weighted by Crippen LogP contribution is 2.39. The van der Waals surface area contributed by atoms with Crippen molar-refractivity contribution in [1.29, 1.82) is 0 Å². The van der Waals surface area contributed by atoms with Crippen LogP contribution in [0.5, 0.6) is 5.75 Å². The van der Waals surface area contributed by atoms with Gasteiger partial charge in [-0.1, -0.05) is 53.7 Å². The van der Waals surface area contributed by atoms with Crippen molar-refractivity contribution in [2.24, 2.45) is 0 Å². The lowest BCUT2D eigenvalue weighted by molar-refractivity contribution is -0.118. The third-order valence-electron chi connectivity index (χ3n) is 7.68. The van der Waals surface area contributed by atoms with Gasteiger partial charge in [-0.25, -0.2) is 23.1 Å².